The first-order chi connectivity index (χ1) is 9.20. The third-order valence-electron chi connectivity index (χ3n) is 4.39. The summed E-state index contributed by atoms with van der Waals surface area (Å²) in [6, 6.07) is 0.0269. The first-order valence-electron chi connectivity index (χ1n) is 7.95. The Morgan fingerprint density at radius 2 is 1.60 bits per heavy atom. The molecule has 2 aliphatic rings. The van der Waals surface area contributed by atoms with Crippen molar-refractivity contribution in [2.45, 2.75) is 77.0 Å². The van der Waals surface area contributed by atoms with Crippen molar-refractivity contribution >= 4 is 5.91 Å². The summed E-state index contributed by atoms with van der Waals surface area (Å²) >= 11 is 0. The number of nitrogens with zero attached hydrogens (tertiary/aromatic N) is 1. The molecule has 116 valence electrons. The minimum atomic E-state index is -0.285. The molecule has 0 aromatic carbocycles. The van der Waals surface area contributed by atoms with Crippen molar-refractivity contribution in [2.75, 3.05) is 13.1 Å². The second-order valence-corrected chi connectivity index (χ2v) is 7.72. The van der Waals surface area contributed by atoms with Gasteiger partial charge in [0.15, 0.2) is 0 Å². The van der Waals surface area contributed by atoms with E-state index in [1.807, 2.05) is 4.90 Å². The molecule has 0 spiro atoms. The number of amides is 1. The Hall–Kier alpha value is -0.610. The predicted molar refractivity (Wildman–Crippen MR) is 80.4 cm³/mol. The molecule has 20 heavy (non-hydrogen) atoms. The van der Waals surface area contributed by atoms with Crippen molar-refractivity contribution < 1.29 is 9.53 Å². The molecule has 2 N–H and O–H groups in total. The number of hydrogen-bond donors (Lipinski definition) is 1. The van der Waals surface area contributed by atoms with Crippen molar-refractivity contribution in [3.8, 4) is 0 Å². The highest BCUT2D eigenvalue weighted by Gasteiger charge is 2.42. The molecule has 2 fully saturated rings. The Labute approximate surface area is 123 Å². The molecule has 1 saturated carbocycles. The highest BCUT2D eigenvalue weighted by Crippen LogP contribution is 2.31. The average Bonchev–Trinajstić information content (AvgIpc) is 2.49. The van der Waals surface area contributed by atoms with Crippen LogP contribution in [0.2, 0.25) is 0 Å². The van der Waals surface area contributed by atoms with E-state index in [1.165, 1.54) is 6.42 Å². The van der Waals surface area contributed by atoms with Crippen LogP contribution in [0.1, 0.15) is 59.8 Å². The first-order valence-corrected chi connectivity index (χ1v) is 7.95. The smallest absolute Gasteiger partial charge is 0.227 e. The van der Waals surface area contributed by atoms with E-state index in [4.69, 9.17) is 10.5 Å². The molecule has 4 nitrogen and oxygen atoms in total. The molecule has 0 bridgehead atoms. The largest absolute Gasteiger partial charge is 0.366 e. The maximum absolute atomic E-state index is 12.9. The summed E-state index contributed by atoms with van der Waals surface area (Å²) in [6.45, 7) is 9.56. The van der Waals surface area contributed by atoms with E-state index in [9.17, 15) is 4.79 Å². The van der Waals surface area contributed by atoms with Gasteiger partial charge in [0.25, 0.3) is 0 Å². The normalized spacial score (nSPS) is 33.5. The molecular weight excluding hydrogens is 252 g/mol. The van der Waals surface area contributed by atoms with E-state index in [2.05, 4.69) is 27.7 Å². The number of rotatable bonds is 1. The van der Waals surface area contributed by atoms with Gasteiger partial charge in [-0.1, -0.05) is 19.3 Å². The van der Waals surface area contributed by atoms with Crippen LogP contribution < -0.4 is 5.73 Å². The second kappa shape index (κ2) is 5.64. The van der Waals surface area contributed by atoms with Crippen molar-refractivity contribution in [2.24, 2.45) is 11.7 Å². The SMILES string of the molecule is CC1(C)CN(C(=O)C2CCCCCC2N)CC(C)(C)O1. The van der Waals surface area contributed by atoms with Gasteiger partial charge in [-0.3, -0.25) is 4.79 Å². The summed E-state index contributed by atoms with van der Waals surface area (Å²) < 4.78 is 6.06. The number of carbonyl (C=O) groups excluding carboxylic acids is 1. The highest BCUT2D eigenvalue weighted by molar-refractivity contribution is 5.80. The van der Waals surface area contributed by atoms with Crippen molar-refractivity contribution in [1.82, 2.24) is 4.90 Å². The average molecular weight is 282 g/mol. The molecule has 2 rings (SSSR count). The Morgan fingerprint density at radius 1 is 1.05 bits per heavy atom. The van der Waals surface area contributed by atoms with Crippen LogP contribution in [-0.2, 0) is 9.53 Å². The van der Waals surface area contributed by atoms with Gasteiger partial charge in [0.05, 0.1) is 17.1 Å². The number of nitrogens with two attached hydrogens (primary N) is 1. The van der Waals surface area contributed by atoms with Gasteiger partial charge in [0, 0.05) is 19.1 Å². The molecule has 1 heterocycles. The summed E-state index contributed by atoms with van der Waals surface area (Å²) in [5, 5.41) is 0. The zero-order valence-electron chi connectivity index (χ0n) is 13.4. The van der Waals surface area contributed by atoms with Gasteiger partial charge in [-0.2, -0.15) is 0 Å². The topological polar surface area (TPSA) is 55.6 Å². The maximum atomic E-state index is 12.9. The van der Waals surface area contributed by atoms with Crippen LogP contribution in [0.4, 0.5) is 0 Å². The number of ether oxygens (including phenoxy) is 1. The van der Waals surface area contributed by atoms with Gasteiger partial charge in [-0.15, -0.1) is 0 Å². The molecule has 0 aromatic rings. The van der Waals surface area contributed by atoms with Crippen molar-refractivity contribution in [3.05, 3.63) is 0 Å². The summed E-state index contributed by atoms with van der Waals surface area (Å²) in [4.78, 5) is 14.9. The van der Waals surface area contributed by atoms with Crippen molar-refractivity contribution in [1.29, 1.82) is 0 Å². The summed E-state index contributed by atoms with van der Waals surface area (Å²) in [7, 11) is 0. The molecule has 1 amide bonds. The van der Waals surface area contributed by atoms with E-state index in [1.54, 1.807) is 0 Å². The lowest BCUT2D eigenvalue weighted by atomic mass is 9.91. The molecule has 4 heteroatoms. The monoisotopic (exact) mass is 282 g/mol. The van der Waals surface area contributed by atoms with Crippen LogP contribution in [-0.4, -0.2) is 41.1 Å². The van der Waals surface area contributed by atoms with Gasteiger partial charge < -0.3 is 15.4 Å². The van der Waals surface area contributed by atoms with Crippen LogP contribution in [0, 0.1) is 5.92 Å². The van der Waals surface area contributed by atoms with Crippen LogP contribution >= 0.6 is 0 Å². The fraction of sp³-hybridized carbons (Fsp3) is 0.938. The lowest BCUT2D eigenvalue weighted by Gasteiger charge is -2.48. The summed E-state index contributed by atoms with van der Waals surface area (Å²) in [5.41, 5.74) is 5.67. The highest BCUT2D eigenvalue weighted by atomic mass is 16.5. The Bertz CT molecular complexity index is 349. The molecule has 0 radical (unpaired) electrons. The first kappa shape index (κ1) is 15.8. The minimum Gasteiger partial charge on any atom is -0.366 e. The molecule has 0 aromatic heterocycles. The molecule has 1 saturated heterocycles. The van der Waals surface area contributed by atoms with Gasteiger partial charge in [0.2, 0.25) is 5.91 Å². The maximum Gasteiger partial charge on any atom is 0.227 e. The predicted octanol–water partition coefficient (Wildman–Crippen LogP) is 2.31. The fourth-order valence-corrected chi connectivity index (χ4v) is 3.82. The van der Waals surface area contributed by atoms with Gasteiger partial charge in [-0.25, -0.2) is 0 Å². The molecule has 1 aliphatic heterocycles. The molecule has 2 atom stereocenters. The quantitative estimate of drug-likeness (QED) is 0.751. The summed E-state index contributed by atoms with van der Waals surface area (Å²) in [6.07, 6.45) is 5.41. The third kappa shape index (κ3) is 3.73. The second-order valence-electron chi connectivity index (χ2n) is 7.72. The van der Waals surface area contributed by atoms with Crippen LogP contribution in [0.3, 0.4) is 0 Å². The lowest BCUT2D eigenvalue weighted by Crippen LogP contribution is -2.60. The van der Waals surface area contributed by atoms with Crippen molar-refractivity contribution in [3.63, 3.8) is 0 Å². The van der Waals surface area contributed by atoms with Gasteiger partial charge in [0.1, 0.15) is 0 Å². The minimum absolute atomic E-state index is 0.00204. The third-order valence-corrected chi connectivity index (χ3v) is 4.39. The van der Waals surface area contributed by atoms with E-state index in [0.29, 0.717) is 13.1 Å². The molecule has 1 aliphatic carbocycles. The van der Waals surface area contributed by atoms with E-state index in [0.717, 1.165) is 25.7 Å². The van der Waals surface area contributed by atoms with Gasteiger partial charge >= 0.3 is 0 Å². The van der Waals surface area contributed by atoms with Crippen LogP contribution in [0.5, 0.6) is 0 Å². The zero-order valence-corrected chi connectivity index (χ0v) is 13.4. The van der Waals surface area contributed by atoms with E-state index < -0.39 is 0 Å². The Balaban J connectivity index is 2.11. The van der Waals surface area contributed by atoms with E-state index >= 15 is 0 Å². The zero-order chi connectivity index (χ0) is 15.0. The summed E-state index contributed by atoms with van der Waals surface area (Å²) in [5.74, 6) is 0.242. The Kier molecular flexibility index (Phi) is 4.45. The van der Waals surface area contributed by atoms with E-state index in [-0.39, 0.29) is 29.1 Å². The van der Waals surface area contributed by atoms with Gasteiger partial charge in [-0.05, 0) is 40.5 Å². The number of morpholine rings is 1. The van der Waals surface area contributed by atoms with Crippen LogP contribution in [0.25, 0.3) is 0 Å². The van der Waals surface area contributed by atoms with Crippen LogP contribution in [0.15, 0.2) is 0 Å². The standard InChI is InChI=1S/C16H30N2O2/c1-15(2)10-18(11-16(3,4)20-15)14(19)12-8-6-5-7-9-13(12)17/h12-13H,5-11,17H2,1-4H3. The fourth-order valence-electron chi connectivity index (χ4n) is 3.82. The number of hydrogen-bond acceptors (Lipinski definition) is 3. The lowest BCUT2D eigenvalue weighted by molar-refractivity contribution is -0.190. The molecular formula is C16H30N2O2. The number of carbonyl (C=O) groups is 1. The molecule has 2 unspecified atom stereocenters. The Morgan fingerprint density at radius 3 is 2.20 bits per heavy atom.